The molecule has 5 nitrogen and oxygen atoms in total. The molecular weight excluding hydrogens is 287 g/mol. The summed E-state index contributed by atoms with van der Waals surface area (Å²) < 4.78 is 23.3. The normalized spacial score (nSPS) is 10.6. The Kier molecular flexibility index (Phi) is 4.00. The van der Waals surface area contributed by atoms with Gasteiger partial charge in [-0.05, 0) is 36.2 Å². The molecule has 0 spiro atoms. The molecule has 0 aliphatic rings. The fourth-order valence-corrected chi connectivity index (χ4v) is 2.02. The molecule has 1 N–H and O–H groups in total. The summed E-state index contributed by atoms with van der Waals surface area (Å²) in [5.74, 6) is 0.257. The first kappa shape index (κ1) is 14.1. The molecule has 3 rings (SSSR count). The summed E-state index contributed by atoms with van der Waals surface area (Å²) in [7, 11) is 0. The van der Waals surface area contributed by atoms with Gasteiger partial charge in [-0.2, -0.15) is 0 Å². The molecule has 3 aromatic rings. The fraction of sp³-hybridized carbons (Fsp3) is 0.125. The third kappa shape index (κ3) is 3.22. The van der Waals surface area contributed by atoms with Crippen LogP contribution in [0.4, 0.5) is 4.39 Å². The predicted molar refractivity (Wildman–Crippen MR) is 76.6 cm³/mol. The second-order valence-corrected chi connectivity index (χ2v) is 4.69. The van der Waals surface area contributed by atoms with E-state index in [1.54, 1.807) is 24.3 Å². The molecule has 6 heteroatoms. The lowest BCUT2D eigenvalue weighted by Crippen LogP contribution is -2.25. The molecule has 0 saturated carbocycles. The van der Waals surface area contributed by atoms with E-state index < -0.39 is 0 Å². The standard InChI is InChI=1S/C16H13FN2O3/c17-12-4-1-3-11(9-12)6-7-18-16(20)13-10-15(22-19-13)14-5-2-8-21-14/h1-5,8-10H,6-7H2,(H,18,20). The zero-order valence-corrected chi connectivity index (χ0v) is 11.6. The maximum absolute atomic E-state index is 13.0. The molecule has 0 fully saturated rings. The van der Waals surface area contributed by atoms with Crippen LogP contribution in [0.3, 0.4) is 0 Å². The first-order chi connectivity index (χ1) is 10.7. The molecule has 0 radical (unpaired) electrons. The van der Waals surface area contributed by atoms with Gasteiger partial charge >= 0.3 is 0 Å². The third-order valence-electron chi connectivity index (χ3n) is 3.10. The molecule has 0 unspecified atom stereocenters. The van der Waals surface area contributed by atoms with Crippen LogP contribution in [-0.4, -0.2) is 17.6 Å². The molecule has 0 aliphatic heterocycles. The van der Waals surface area contributed by atoms with Crippen molar-refractivity contribution in [1.82, 2.24) is 10.5 Å². The van der Waals surface area contributed by atoms with Crippen molar-refractivity contribution in [2.45, 2.75) is 6.42 Å². The largest absolute Gasteiger partial charge is 0.461 e. The molecule has 22 heavy (non-hydrogen) atoms. The van der Waals surface area contributed by atoms with Crippen molar-refractivity contribution in [2.75, 3.05) is 6.54 Å². The molecule has 1 amide bonds. The lowest BCUT2D eigenvalue weighted by molar-refractivity contribution is 0.0945. The Morgan fingerprint density at radius 1 is 1.18 bits per heavy atom. The van der Waals surface area contributed by atoms with E-state index in [-0.39, 0.29) is 17.4 Å². The van der Waals surface area contributed by atoms with E-state index in [1.165, 1.54) is 24.5 Å². The van der Waals surface area contributed by atoms with Crippen molar-refractivity contribution < 1.29 is 18.1 Å². The van der Waals surface area contributed by atoms with Crippen molar-refractivity contribution in [2.24, 2.45) is 0 Å². The molecule has 0 atom stereocenters. The van der Waals surface area contributed by atoms with Crippen molar-refractivity contribution in [3.05, 3.63) is 65.8 Å². The van der Waals surface area contributed by atoms with Gasteiger partial charge < -0.3 is 14.3 Å². The smallest absolute Gasteiger partial charge is 0.273 e. The molecule has 2 aromatic heterocycles. The van der Waals surface area contributed by atoms with E-state index in [0.717, 1.165) is 5.56 Å². The number of rotatable bonds is 5. The van der Waals surface area contributed by atoms with Gasteiger partial charge in [0.1, 0.15) is 5.82 Å². The van der Waals surface area contributed by atoms with Crippen LogP contribution in [0.2, 0.25) is 0 Å². The van der Waals surface area contributed by atoms with Crippen molar-refractivity contribution >= 4 is 5.91 Å². The van der Waals surface area contributed by atoms with Crippen LogP contribution in [0.5, 0.6) is 0 Å². The number of aromatic nitrogens is 1. The Morgan fingerprint density at radius 3 is 2.86 bits per heavy atom. The van der Waals surface area contributed by atoms with Gasteiger partial charge in [0.2, 0.25) is 5.76 Å². The van der Waals surface area contributed by atoms with E-state index >= 15 is 0 Å². The SMILES string of the molecule is O=C(NCCc1cccc(F)c1)c1cc(-c2ccco2)on1. The molecule has 112 valence electrons. The number of amides is 1. The molecular formula is C16H13FN2O3. The highest BCUT2D eigenvalue weighted by Crippen LogP contribution is 2.20. The second kappa shape index (κ2) is 6.26. The van der Waals surface area contributed by atoms with Gasteiger partial charge in [0.05, 0.1) is 6.26 Å². The predicted octanol–water partition coefficient (Wildman–Crippen LogP) is 3.05. The van der Waals surface area contributed by atoms with Gasteiger partial charge in [-0.15, -0.1) is 0 Å². The lowest BCUT2D eigenvalue weighted by atomic mass is 10.1. The highest BCUT2D eigenvalue weighted by atomic mass is 19.1. The van der Waals surface area contributed by atoms with Crippen molar-refractivity contribution in [1.29, 1.82) is 0 Å². The van der Waals surface area contributed by atoms with Gasteiger partial charge in [0.25, 0.3) is 5.91 Å². The summed E-state index contributed by atoms with van der Waals surface area (Å²) in [4.78, 5) is 11.9. The number of hydrogen-bond donors (Lipinski definition) is 1. The highest BCUT2D eigenvalue weighted by molar-refractivity contribution is 5.92. The van der Waals surface area contributed by atoms with Gasteiger partial charge in [-0.3, -0.25) is 4.79 Å². The monoisotopic (exact) mass is 300 g/mol. The minimum Gasteiger partial charge on any atom is -0.461 e. The van der Waals surface area contributed by atoms with Gasteiger partial charge in [-0.1, -0.05) is 17.3 Å². The van der Waals surface area contributed by atoms with E-state index in [9.17, 15) is 9.18 Å². The number of carbonyl (C=O) groups is 1. The van der Waals surface area contributed by atoms with Crippen LogP contribution in [-0.2, 0) is 6.42 Å². The van der Waals surface area contributed by atoms with Crippen LogP contribution < -0.4 is 5.32 Å². The summed E-state index contributed by atoms with van der Waals surface area (Å²) in [6.07, 6.45) is 2.04. The van der Waals surface area contributed by atoms with Crippen molar-refractivity contribution in [3.8, 4) is 11.5 Å². The minimum absolute atomic E-state index is 0.172. The Bertz CT molecular complexity index is 765. The Morgan fingerprint density at radius 2 is 2.09 bits per heavy atom. The summed E-state index contributed by atoms with van der Waals surface area (Å²) in [5.41, 5.74) is 0.988. The maximum atomic E-state index is 13.0. The molecule has 1 aromatic carbocycles. The van der Waals surface area contributed by atoms with Crippen LogP contribution >= 0.6 is 0 Å². The molecule has 0 bridgehead atoms. The minimum atomic E-state index is -0.349. The van der Waals surface area contributed by atoms with E-state index in [4.69, 9.17) is 8.94 Å². The summed E-state index contributed by atoms with van der Waals surface area (Å²) in [5, 5.41) is 6.42. The van der Waals surface area contributed by atoms with Crippen LogP contribution in [0.15, 0.2) is 57.7 Å². The number of nitrogens with zero attached hydrogens (tertiary/aromatic N) is 1. The Labute approximate surface area is 125 Å². The number of benzene rings is 1. The zero-order chi connectivity index (χ0) is 15.4. The zero-order valence-electron chi connectivity index (χ0n) is 11.6. The fourth-order valence-electron chi connectivity index (χ4n) is 2.02. The summed E-state index contributed by atoms with van der Waals surface area (Å²) in [6.45, 7) is 0.380. The van der Waals surface area contributed by atoms with E-state index in [2.05, 4.69) is 10.5 Å². The van der Waals surface area contributed by atoms with Crippen LogP contribution in [0.25, 0.3) is 11.5 Å². The average molecular weight is 300 g/mol. The van der Waals surface area contributed by atoms with Crippen LogP contribution in [0.1, 0.15) is 16.1 Å². The maximum Gasteiger partial charge on any atom is 0.273 e. The lowest BCUT2D eigenvalue weighted by Gasteiger charge is -2.03. The number of carbonyl (C=O) groups excluding carboxylic acids is 1. The molecule has 0 aliphatic carbocycles. The van der Waals surface area contributed by atoms with E-state index in [1.807, 2.05) is 0 Å². The average Bonchev–Trinajstić information content (AvgIpc) is 3.18. The van der Waals surface area contributed by atoms with Crippen LogP contribution in [0, 0.1) is 5.82 Å². The number of halogens is 1. The van der Waals surface area contributed by atoms with E-state index in [0.29, 0.717) is 24.5 Å². The summed E-state index contributed by atoms with van der Waals surface area (Å²) >= 11 is 0. The molecule has 2 heterocycles. The first-order valence-electron chi connectivity index (χ1n) is 6.75. The number of hydrogen-bond acceptors (Lipinski definition) is 4. The van der Waals surface area contributed by atoms with Gasteiger partial charge in [0.15, 0.2) is 11.5 Å². The Balaban J connectivity index is 1.56. The molecule has 0 saturated heterocycles. The summed E-state index contributed by atoms with van der Waals surface area (Å²) in [6, 6.07) is 11.2. The first-order valence-corrected chi connectivity index (χ1v) is 6.75. The highest BCUT2D eigenvalue weighted by Gasteiger charge is 2.14. The third-order valence-corrected chi connectivity index (χ3v) is 3.10. The number of furan rings is 1. The van der Waals surface area contributed by atoms with Gasteiger partial charge in [0, 0.05) is 12.6 Å². The topological polar surface area (TPSA) is 68.3 Å². The van der Waals surface area contributed by atoms with Gasteiger partial charge in [-0.25, -0.2) is 4.39 Å². The second-order valence-electron chi connectivity index (χ2n) is 4.69. The Hall–Kier alpha value is -2.89. The number of nitrogens with one attached hydrogen (secondary N) is 1. The van der Waals surface area contributed by atoms with Crippen molar-refractivity contribution in [3.63, 3.8) is 0 Å². The quantitative estimate of drug-likeness (QED) is 0.786.